The second kappa shape index (κ2) is 10.4. The standard InChI is InChI=1S/C25H28F5N7O3/c1-13(2)21-22(35-40-34-21)18(38)8-16(15-3-5-24(26,27)6-4-15)17-11-37-20(32-17)7-14(9-31-37)10-36-12-19(25(28,29)30)33-23(36)39/h7,9,11,13,15-16,19H,3-6,8,10,12H2,1-2H3,(H,33,39)/t16-,19-/m0/s1. The number of urea groups is 1. The summed E-state index contributed by atoms with van der Waals surface area (Å²) >= 11 is 0. The molecule has 2 aliphatic rings. The monoisotopic (exact) mass is 569 g/mol. The van der Waals surface area contributed by atoms with Gasteiger partial charge in [0.2, 0.25) is 5.92 Å². The third kappa shape index (κ3) is 5.77. The van der Waals surface area contributed by atoms with Gasteiger partial charge in [0.15, 0.2) is 17.1 Å². The molecule has 3 aromatic heterocycles. The summed E-state index contributed by atoms with van der Waals surface area (Å²) in [6.45, 7) is 3.05. The fraction of sp³-hybridized carbons (Fsp3) is 0.600. The predicted octanol–water partition coefficient (Wildman–Crippen LogP) is 4.87. The fourth-order valence-electron chi connectivity index (χ4n) is 5.37. The Morgan fingerprint density at radius 2 is 1.95 bits per heavy atom. The molecule has 0 aromatic carbocycles. The number of hydrogen-bond acceptors (Lipinski definition) is 7. The van der Waals surface area contributed by atoms with Gasteiger partial charge in [-0.05, 0) is 35.5 Å². The molecule has 0 bridgehead atoms. The van der Waals surface area contributed by atoms with Crippen LogP contribution in [0.25, 0.3) is 5.65 Å². The van der Waals surface area contributed by atoms with Crippen LogP contribution in [-0.4, -0.2) is 66.3 Å². The van der Waals surface area contributed by atoms with Gasteiger partial charge in [-0.25, -0.2) is 27.7 Å². The zero-order valence-electron chi connectivity index (χ0n) is 21.8. The van der Waals surface area contributed by atoms with Crippen LogP contribution in [0.15, 0.2) is 23.1 Å². The zero-order valence-corrected chi connectivity index (χ0v) is 21.8. The Kier molecular flexibility index (Phi) is 7.25. The van der Waals surface area contributed by atoms with Crippen molar-refractivity contribution in [3.63, 3.8) is 0 Å². The number of ketones is 1. The van der Waals surface area contributed by atoms with E-state index in [4.69, 9.17) is 4.63 Å². The summed E-state index contributed by atoms with van der Waals surface area (Å²) in [6.07, 6.45) is -1.74. The number of fused-ring (bicyclic) bond motifs is 1. The molecule has 1 aliphatic carbocycles. The molecule has 40 heavy (non-hydrogen) atoms. The molecule has 2 amide bonds. The molecule has 216 valence electrons. The molecule has 0 spiro atoms. The van der Waals surface area contributed by atoms with Gasteiger partial charge in [-0.2, -0.15) is 18.3 Å². The van der Waals surface area contributed by atoms with Gasteiger partial charge in [0.05, 0.1) is 24.6 Å². The van der Waals surface area contributed by atoms with E-state index in [1.54, 1.807) is 12.3 Å². The molecule has 3 aromatic rings. The van der Waals surface area contributed by atoms with Gasteiger partial charge in [0.1, 0.15) is 11.7 Å². The molecular weight excluding hydrogens is 541 g/mol. The number of nitrogens with zero attached hydrogens (tertiary/aromatic N) is 6. The second-order valence-corrected chi connectivity index (χ2v) is 10.8. The summed E-state index contributed by atoms with van der Waals surface area (Å²) in [5, 5.41) is 13.8. The average Bonchev–Trinajstić information content (AvgIpc) is 3.61. The highest BCUT2D eigenvalue weighted by Crippen LogP contribution is 2.44. The van der Waals surface area contributed by atoms with Crippen molar-refractivity contribution in [2.45, 2.75) is 82.5 Å². The highest BCUT2D eigenvalue weighted by Gasteiger charge is 2.47. The number of rotatable bonds is 8. The van der Waals surface area contributed by atoms with Gasteiger partial charge in [-0.15, -0.1) is 0 Å². The van der Waals surface area contributed by atoms with Crippen molar-refractivity contribution in [1.82, 2.24) is 35.1 Å². The van der Waals surface area contributed by atoms with Crippen molar-refractivity contribution in [1.29, 1.82) is 0 Å². The molecule has 1 saturated carbocycles. The summed E-state index contributed by atoms with van der Waals surface area (Å²) in [5.74, 6) is -3.96. The van der Waals surface area contributed by atoms with Crippen molar-refractivity contribution in [2.24, 2.45) is 5.92 Å². The SMILES string of the molecule is CC(C)c1nonc1C(=O)C[C@H](c1cn2ncc(CN3C[C@@H](C(F)(F)F)NC3=O)cc2n1)C1CCC(F)(F)CC1. The fourth-order valence-corrected chi connectivity index (χ4v) is 5.37. The number of imidazole rings is 1. The lowest BCUT2D eigenvalue weighted by Gasteiger charge is -2.32. The number of Topliss-reactive ketones (excluding diaryl/α,β-unsaturated/α-hetero) is 1. The number of nitrogens with one attached hydrogen (secondary N) is 1. The highest BCUT2D eigenvalue weighted by molar-refractivity contribution is 5.95. The van der Waals surface area contributed by atoms with Gasteiger partial charge in [0, 0.05) is 37.6 Å². The van der Waals surface area contributed by atoms with E-state index in [-0.39, 0.29) is 62.0 Å². The molecular formula is C25H28F5N7O3. The van der Waals surface area contributed by atoms with E-state index < -0.39 is 36.6 Å². The maximum absolute atomic E-state index is 13.9. The van der Waals surface area contributed by atoms with Crippen molar-refractivity contribution in [2.75, 3.05) is 6.54 Å². The summed E-state index contributed by atoms with van der Waals surface area (Å²) in [7, 11) is 0. The van der Waals surface area contributed by atoms with Crippen molar-refractivity contribution >= 4 is 17.5 Å². The van der Waals surface area contributed by atoms with E-state index in [9.17, 15) is 31.5 Å². The van der Waals surface area contributed by atoms with Crippen LogP contribution in [0.3, 0.4) is 0 Å². The van der Waals surface area contributed by atoms with Crippen molar-refractivity contribution < 1.29 is 36.2 Å². The smallest absolute Gasteiger partial charge is 0.324 e. The van der Waals surface area contributed by atoms with Crippen LogP contribution in [0, 0.1) is 5.92 Å². The van der Waals surface area contributed by atoms with E-state index in [2.05, 4.69) is 20.4 Å². The lowest BCUT2D eigenvalue weighted by Crippen LogP contribution is -2.40. The molecule has 15 heteroatoms. The molecule has 2 fully saturated rings. The Hall–Kier alpha value is -3.65. The Morgan fingerprint density at radius 3 is 2.60 bits per heavy atom. The number of amides is 2. The molecule has 1 aliphatic heterocycles. The van der Waals surface area contributed by atoms with Crippen LogP contribution in [0.1, 0.15) is 85.2 Å². The Bertz CT molecular complexity index is 1390. The molecule has 10 nitrogen and oxygen atoms in total. The largest absolute Gasteiger partial charge is 0.410 e. The van der Waals surface area contributed by atoms with E-state index in [0.717, 1.165) is 4.90 Å². The number of carbonyl (C=O) groups is 2. The van der Waals surface area contributed by atoms with Gasteiger partial charge in [0.25, 0.3) is 0 Å². The minimum Gasteiger partial charge on any atom is -0.324 e. The lowest BCUT2D eigenvalue weighted by atomic mass is 9.75. The minimum atomic E-state index is -4.56. The van der Waals surface area contributed by atoms with E-state index in [0.29, 0.717) is 22.6 Å². The first-order valence-corrected chi connectivity index (χ1v) is 13.0. The van der Waals surface area contributed by atoms with Crippen LogP contribution in [0.5, 0.6) is 0 Å². The average molecular weight is 570 g/mol. The van der Waals surface area contributed by atoms with Crippen LogP contribution in [-0.2, 0) is 6.54 Å². The quantitative estimate of drug-likeness (QED) is 0.304. The van der Waals surface area contributed by atoms with Crippen molar-refractivity contribution in [3.05, 3.63) is 41.1 Å². The van der Waals surface area contributed by atoms with Gasteiger partial charge in [-0.3, -0.25) is 4.79 Å². The van der Waals surface area contributed by atoms with E-state index in [1.807, 2.05) is 19.2 Å². The number of alkyl halides is 5. The molecule has 0 unspecified atom stereocenters. The molecule has 4 heterocycles. The molecule has 1 N–H and O–H groups in total. The first-order valence-electron chi connectivity index (χ1n) is 13.0. The Balaban J connectivity index is 1.39. The third-order valence-electron chi connectivity index (χ3n) is 7.59. The first kappa shape index (κ1) is 27.9. The van der Waals surface area contributed by atoms with Crippen molar-refractivity contribution in [3.8, 4) is 0 Å². The lowest BCUT2D eigenvalue weighted by molar-refractivity contribution is -0.149. The Labute approximate surface area is 225 Å². The molecule has 1 saturated heterocycles. The first-order chi connectivity index (χ1) is 18.8. The number of hydrogen-bond donors (Lipinski definition) is 1. The Morgan fingerprint density at radius 1 is 1.23 bits per heavy atom. The maximum atomic E-state index is 13.9. The maximum Gasteiger partial charge on any atom is 0.410 e. The number of halogens is 5. The van der Waals surface area contributed by atoms with Gasteiger partial charge >= 0.3 is 12.2 Å². The topological polar surface area (TPSA) is 119 Å². The van der Waals surface area contributed by atoms with Gasteiger partial charge in [-0.1, -0.05) is 19.0 Å². The summed E-state index contributed by atoms with van der Waals surface area (Å²) in [4.78, 5) is 31.0. The summed E-state index contributed by atoms with van der Waals surface area (Å²) < 4.78 is 73.2. The molecule has 2 atom stereocenters. The second-order valence-electron chi connectivity index (χ2n) is 10.8. The third-order valence-corrected chi connectivity index (χ3v) is 7.59. The summed E-state index contributed by atoms with van der Waals surface area (Å²) in [5.41, 5.74) is 1.81. The van der Waals surface area contributed by atoms with Crippen LogP contribution >= 0.6 is 0 Å². The number of carbonyl (C=O) groups excluding carboxylic acids is 2. The van der Waals surface area contributed by atoms with E-state index >= 15 is 0 Å². The van der Waals surface area contributed by atoms with Crippen LogP contribution < -0.4 is 5.32 Å². The minimum absolute atomic E-state index is 0.0479. The molecule has 5 rings (SSSR count). The molecule has 0 radical (unpaired) electrons. The predicted molar refractivity (Wildman–Crippen MR) is 129 cm³/mol. The number of aromatic nitrogens is 5. The van der Waals surface area contributed by atoms with Crippen LogP contribution in [0.2, 0.25) is 0 Å². The van der Waals surface area contributed by atoms with Crippen LogP contribution in [0.4, 0.5) is 26.7 Å². The zero-order chi connectivity index (χ0) is 28.8. The summed E-state index contributed by atoms with van der Waals surface area (Å²) in [6, 6.07) is -1.19. The normalized spacial score (nSPS) is 20.9. The van der Waals surface area contributed by atoms with E-state index in [1.165, 1.54) is 10.7 Å². The highest BCUT2D eigenvalue weighted by atomic mass is 19.4. The van der Waals surface area contributed by atoms with Gasteiger partial charge < -0.3 is 10.2 Å².